The summed E-state index contributed by atoms with van der Waals surface area (Å²) in [5.41, 5.74) is 4.87. The zero-order chi connectivity index (χ0) is 12.1. The molecule has 0 unspecified atom stereocenters. The Hall–Kier alpha value is -1.79. The lowest BCUT2D eigenvalue weighted by Gasteiger charge is -2.13. The molecule has 16 heavy (non-hydrogen) atoms. The fourth-order valence-corrected chi connectivity index (χ4v) is 1.17. The van der Waals surface area contributed by atoms with E-state index >= 15 is 0 Å². The van der Waals surface area contributed by atoms with E-state index in [-0.39, 0.29) is 0 Å². The maximum absolute atomic E-state index is 11.2. The summed E-state index contributed by atoms with van der Waals surface area (Å²) >= 11 is 0. The minimum Gasteiger partial charge on any atom is -0.480 e. The molecule has 0 aromatic carbocycles. The number of nitrogens with two attached hydrogens (primary N) is 1. The fraction of sp³-hybridized carbons (Fsp3) is 0.667. The predicted octanol–water partition coefficient (Wildman–Crippen LogP) is -0.976. The summed E-state index contributed by atoms with van der Waals surface area (Å²) in [4.78, 5) is 32.5. The van der Waals surface area contributed by atoms with Crippen LogP contribution in [0.5, 0.6) is 0 Å². The third-order valence-corrected chi connectivity index (χ3v) is 2.26. The Morgan fingerprint density at radius 3 is 2.44 bits per heavy atom. The molecule has 0 aliphatic heterocycles. The zero-order valence-electron chi connectivity index (χ0n) is 8.73. The molecule has 0 heterocycles. The topological polar surface area (TPSA) is 122 Å². The molecule has 0 spiro atoms. The third-order valence-electron chi connectivity index (χ3n) is 2.26. The van der Waals surface area contributed by atoms with Crippen molar-refractivity contribution in [1.82, 2.24) is 10.6 Å². The summed E-state index contributed by atoms with van der Waals surface area (Å²) in [7, 11) is 0. The minimum atomic E-state index is -1.28. The highest BCUT2D eigenvalue weighted by atomic mass is 16.4. The number of hydrogen-bond donors (Lipinski definition) is 4. The van der Waals surface area contributed by atoms with Crippen LogP contribution in [-0.4, -0.2) is 35.6 Å². The van der Waals surface area contributed by atoms with Crippen LogP contribution in [0.1, 0.15) is 19.3 Å². The average molecular weight is 229 g/mol. The quantitative estimate of drug-likeness (QED) is 0.467. The SMILES string of the molecule is NC(=O)C[C@@H](NC(=O)NCC1CC1)C(=O)O. The van der Waals surface area contributed by atoms with Crippen LogP contribution in [0, 0.1) is 5.92 Å². The van der Waals surface area contributed by atoms with Crippen molar-refractivity contribution in [3.8, 4) is 0 Å². The van der Waals surface area contributed by atoms with Crippen molar-refractivity contribution in [2.24, 2.45) is 11.7 Å². The summed E-state index contributed by atoms with van der Waals surface area (Å²) in [5, 5.41) is 13.4. The highest BCUT2D eigenvalue weighted by molar-refractivity contribution is 5.87. The monoisotopic (exact) mass is 229 g/mol. The van der Waals surface area contributed by atoms with E-state index in [1.54, 1.807) is 0 Å². The van der Waals surface area contributed by atoms with Crippen molar-refractivity contribution in [2.75, 3.05) is 6.54 Å². The molecule has 5 N–H and O–H groups in total. The number of hydrogen-bond acceptors (Lipinski definition) is 3. The smallest absolute Gasteiger partial charge is 0.326 e. The minimum absolute atomic E-state index is 0.411. The zero-order valence-corrected chi connectivity index (χ0v) is 8.73. The third kappa shape index (κ3) is 4.63. The molecular weight excluding hydrogens is 214 g/mol. The molecule has 7 heteroatoms. The Balaban J connectivity index is 2.30. The van der Waals surface area contributed by atoms with Crippen LogP contribution in [0.25, 0.3) is 0 Å². The number of carbonyl (C=O) groups excluding carboxylic acids is 2. The number of rotatable bonds is 6. The highest BCUT2D eigenvalue weighted by Crippen LogP contribution is 2.27. The van der Waals surface area contributed by atoms with Gasteiger partial charge in [-0.3, -0.25) is 4.79 Å². The number of aliphatic carboxylic acids is 1. The van der Waals surface area contributed by atoms with Crippen molar-refractivity contribution in [1.29, 1.82) is 0 Å². The van der Waals surface area contributed by atoms with Crippen LogP contribution in [0.2, 0.25) is 0 Å². The van der Waals surface area contributed by atoms with Gasteiger partial charge in [-0.25, -0.2) is 9.59 Å². The van der Waals surface area contributed by atoms with Gasteiger partial charge in [-0.15, -0.1) is 0 Å². The number of carboxylic acid groups (broad SMARTS) is 1. The van der Waals surface area contributed by atoms with Gasteiger partial charge in [0.1, 0.15) is 6.04 Å². The molecule has 0 aromatic heterocycles. The molecular formula is C9H15N3O4. The van der Waals surface area contributed by atoms with E-state index in [0.29, 0.717) is 12.5 Å². The Labute approximate surface area is 92.4 Å². The van der Waals surface area contributed by atoms with Gasteiger partial charge in [0.25, 0.3) is 0 Å². The Kier molecular flexibility index (Phi) is 4.10. The number of amides is 3. The summed E-state index contributed by atoms with van der Waals surface area (Å²) in [6.45, 7) is 0.536. The van der Waals surface area contributed by atoms with E-state index in [1.807, 2.05) is 0 Å². The van der Waals surface area contributed by atoms with Gasteiger partial charge >= 0.3 is 12.0 Å². The molecule has 7 nitrogen and oxygen atoms in total. The molecule has 0 aromatic rings. The second kappa shape index (κ2) is 5.34. The van der Waals surface area contributed by atoms with E-state index < -0.39 is 30.4 Å². The van der Waals surface area contributed by atoms with Crippen LogP contribution >= 0.6 is 0 Å². The molecule has 0 bridgehead atoms. The number of carbonyl (C=O) groups is 3. The lowest BCUT2D eigenvalue weighted by atomic mass is 10.2. The van der Waals surface area contributed by atoms with E-state index in [0.717, 1.165) is 12.8 Å². The molecule has 1 atom stereocenters. The highest BCUT2D eigenvalue weighted by Gasteiger charge is 2.24. The Bertz CT molecular complexity index is 301. The number of urea groups is 1. The molecule has 1 aliphatic rings. The molecule has 3 amide bonds. The van der Waals surface area contributed by atoms with Crippen molar-refractivity contribution >= 4 is 17.9 Å². The molecule has 1 rings (SSSR count). The summed E-state index contributed by atoms with van der Waals surface area (Å²) in [6.07, 6.45) is 1.76. The van der Waals surface area contributed by atoms with Crippen LogP contribution in [0.4, 0.5) is 4.79 Å². The Morgan fingerprint density at radius 2 is 2.00 bits per heavy atom. The average Bonchev–Trinajstić information content (AvgIpc) is 2.96. The lowest BCUT2D eigenvalue weighted by Crippen LogP contribution is -2.48. The largest absolute Gasteiger partial charge is 0.480 e. The summed E-state index contributed by atoms with van der Waals surface area (Å²) in [5.74, 6) is -1.54. The summed E-state index contributed by atoms with van der Waals surface area (Å²) in [6, 6.07) is -1.85. The normalized spacial score (nSPS) is 16.2. The van der Waals surface area contributed by atoms with Crippen molar-refractivity contribution < 1.29 is 19.5 Å². The van der Waals surface area contributed by atoms with Gasteiger partial charge in [0.05, 0.1) is 6.42 Å². The molecule has 0 radical (unpaired) electrons. The fourth-order valence-electron chi connectivity index (χ4n) is 1.17. The molecule has 1 fully saturated rings. The molecule has 90 valence electrons. The van der Waals surface area contributed by atoms with Gasteiger partial charge in [-0.2, -0.15) is 0 Å². The number of carboxylic acids is 1. The van der Waals surface area contributed by atoms with Crippen molar-refractivity contribution in [3.05, 3.63) is 0 Å². The number of primary amides is 1. The van der Waals surface area contributed by atoms with E-state index in [4.69, 9.17) is 10.8 Å². The molecule has 1 aliphatic carbocycles. The van der Waals surface area contributed by atoms with Crippen LogP contribution in [0.3, 0.4) is 0 Å². The van der Waals surface area contributed by atoms with E-state index in [9.17, 15) is 14.4 Å². The second-order valence-corrected chi connectivity index (χ2v) is 3.86. The standard InChI is InChI=1S/C9H15N3O4/c10-7(13)3-6(8(14)15)12-9(16)11-4-5-1-2-5/h5-6H,1-4H2,(H2,10,13)(H,14,15)(H2,11,12,16)/t6-/m1/s1. The van der Waals surface area contributed by atoms with Crippen LogP contribution in [0.15, 0.2) is 0 Å². The first-order chi connectivity index (χ1) is 7.49. The second-order valence-electron chi connectivity index (χ2n) is 3.86. The summed E-state index contributed by atoms with van der Waals surface area (Å²) < 4.78 is 0. The molecule has 0 saturated heterocycles. The Morgan fingerprint density at radius 1 is 1.38 bits per heavy atom. The maximum atomic E-state index is 11.2. The molecule has 1 saturated carbocycles. The maximum Gasteiger partial charge on any atom is 0.326 e. The van der Waals surface area contributed by atoms with E-state index in [1.165, 1.54) is 0 Å². The van der Waals surface area contributed by atoms with Crippen molar-refractivity contribution in [2.45, 2.75) is 25.3 Å². The first kappa shape index (κ1) is 12.3. The van der Waals surface area contributed by atoms with Crippen LogP contribution < -0.4 is 16.4 Å². The van der Waals surface area contributed by atoms with Gasteiger partial charge in [0, 0.05) is 6.54 Å². The van der Waals surface area contributed by atoms with E-state index in [2.05, 4.69) is 10.6 Å². The van der Waals surface area contributed by atoms with Gasteiger partial charge in [0.2, 0.25) is 5.91 Å². The lowest BCUT2D eigenvalue weighted by molar-refractivity contribution is -0.140. The van der Waals surface area contributed by atoms with Gasteiger partial charge in [-0.05, 0) is 18.8 Å². The van der Waals surface area contributed by atoms with Gasteiger partial charge in [-0.1, -0.05) is 0 Å². The first-order valence-corrected chi connectivity index (χ1v) is 5.04. The van der Waals surface area contributed by atoms with Crippen LogP contribution in [-0.2, 0) is 9.59 Å². The van der Waals surface area contributed by atoms with Gasteiger partial charge in [0.15, 0.2) is 0 Å². The predicted molar refractivity (Wildman–Crippen MR) is 54.5 cm³/mol. The number of nitrogens with one attached hydrogen (secondary N) is 2. The van der Waals surface area contributed by atoms with Gasteiger partial charge < -0.3 is 21.5 Å². The first-order valence-electron chi connectivity index (χ1n) is 5.04. The van der Waals surface area contributed by atoms with Crippen molar-refractivity contribution in [3.63, 3.8) is 0 Å².